The van der Waals surface area contributed by atoms with Gasteiger partial charge in [0.1, 0.15) is 5.02 Å². The van der Waals surface area contributed by atoms with Gasteiger partial charge < -0.3 is 11.1 Å². The summed E-state index contributed by atoms with van der Waals surface area (Å²) >= 11 is 5.69. The smallest absolute Gasteiger partial charge is 0.289 e. The number of carbonyl (C=O) groups is 1. The zero-order chi connectivity index (χ0) is 14.4. The van der Waals surface area contributed by atoms with Gasteiger partial charge in [-0.15, -0.1) is 0 Å². The Kier molecular flexibility index (Phi) is 5.72. The van der Waals surface area contributed by atoms with E-state index in [9.17, 15) is 14.9 Å². The first-order chi connectivity index (χ1) is 8.95. The standard InChI is InChI=1S/C12H16ClN3O3/c1-8(3-2-6-14)12(17)15-9-4-5-10(13)11(7-9)16(18)19/h4-5,7-8H,2-3,6,14H2,1H3,(H,15,17). The Morgan fingerprint density at radius 3 is 2.84 bits per heavy atom. The lowest BCUT2D eigenvalue weighted by molar-refractivity contribution is -0.384. The highest BCUT2D eigenvalue weighted by Crippen LogP contribution is 2.27. The van der Waals surface area contributed by atoms with Crippen molar-refractivity contribution in [3.8, 4) is 0 Å². The first-order valence-electron chi connectivity index (χ1n) is 5.90. The second-order valence-corrected chi connectivity index (χ2v) is 4.65. The molecule has 1 atom stereocenters. The minimum absolute atomic E-state index is 0.0409. The third-order valence-corrected chi connectivity index (χ3v) is 3.02. The van der Waals surface area contributed by atoms with E-state index in [2.05, 4.69) is 5.32 Å². The van der Waals surface area contributed by atoms with Crippen LogP contribution in [0.4, 0.5) is 11.4 Å². The first-order valence-corrected chi connectivity index (χ1v) is 6.28. The number of hydrogen-bond acceptors (Lipinski definition) is 4. The molecule has 0 spiro atoms. The third kappa shape index (κ3) is 4.50. The Bertz CT molecular complexity index is 479. The van der Waals surface area contributed by atoms with Crippen LogP contribution in [0.2, 0.25) is 5.02 Å². The highest BCUT2D eigenvalue weighted by Gasteiger charge is 2.16. The SMILES string of the molecule is CC(CCCN)C(=O)Nc1ccc(Cl)c([N+](=O)[O-])c1. The molecule has 19 heavy (non-hydrogen) atoms. The van der Waals surface area contributed by atoms with Crippen molar-refractivity contribution in [1.82, 2.24) is 0 Å². The van der Waals surface area contributed by atoms with Crippen molar-refractivity contribution >= 4 is 28.9 Å². The van der Waals surface area contributed by atoms with Crippen molar-refractivity contribution in [3.63, 3.8) is 0 Å². The van der Waals surface area contributed by atoms with E-state index < -0.39 is 4.92 Å². The van der Waals surface area contributed by atoms with Gasteiger partial charge in [-0.3, -0.25) is 14.9 Å². The highest BCUT2D eigenvalue weighted by molar-refractivity contribution is 6.32. The molecule has 0 saturated carbocycles. The number of nitrogens with two attached hydrogens (primary N) is 1. The van der Waals surface area contributed by atoms with Gasteiger partial charge in [-0.1, -0.05) is 18.5 Å². The maximum atomic E-state index is 11.8. The van der Waals surface area contributed by atoms with Crippen molar-refractivity contribution in [2.24, 2.45) is 11.7 Å². The number of carbonyl (C=O) groups excluding carboxylic acids is 1. The molecule has 1 rings (SSSR count). The molecule has 1 aromatic rings. The fourth-order valence-electron chi connectivity index (χ4n) is 1.55. The summed E-state index contributed by atoms with van der Waals surface area (Å²) < 4.78 is 0. The Morgan fingerprint density at radius 2 is 2.26 bits per heavy atom. The van der Waals surface area contributed by atoms with Crippen LogP contribution in [-0.4, -0.2) is 17.4 Å². The summed E-state index contributed by atoms with van der Waals surface area (Å²) in [6, 6.07) is 4.17. The van der Waals surface area contributed by atoms with E-state index in [-0.39, 0.29) is 22.5 Å². The molecule has 1 aromatic carbocycles. The molecule has 0 aliphatic heterocycles. The summed E-state index contributed by atoms with van der Waals surface area (Å²) in [6.07, 6.45) is 1.44. The van der Waals surface area contributed by atoms with Crippen molar-refractivity contribution in [1.29, 1.82) is 0 Å². The van der Waals surface area contributed by atoms with Gasteiger partial charge in [0.25, 0.3) is 5.69 Å². The van der Waals surface area contributed by atoms with Gasteiger partial charge in [-0.05, 0) is 31.5 Å². The lowest BCUT2D eigenvalue weighted by Crippen LogP contribution is -2.21. The van der Waals surface area contributed by atoms with Gasteiger partial charge in [0, 0.05) is 17.7 Å². The summed E-state index contributed by atoms with van der Waals surface area (Å²) in [6.45, 7) is 2.32. The number of nitrogens with one attached hydrogen (secondary N) is 1. The molecular weight excluding hydrogens is 270 g/mol. The fraction of sp³-hybridized carbons (Fsp3) is 0.417. The number of amides is 1. The molecule has 0 aromatic heterocycles. The lowest BCUT2D eigenvalue weighted by Gasteiger charge is -2.11. The molecule has 0 saturated heterocycles. The van der Waals surface area contributed by atoms with E-state index in [1.165, 1.54) is 18.2 Å². The van der Waals surface area contributed by atoms with Gasteiger partial charge in [0.2, 0.25) is 5.91 Å². The second-order valence-electron chi connectivity index (χ2n) is 4.24. The summed E-state index contributed by atoms with van der Waals surface area (Å²) in [5.74, 6) is -0.386. The van der Waals surface area contributed by atoms with Crippen LogP contribution in [0.25, 0.3) is 0 Å². The lowest BCUT2D eigenvalue weighted by atomic mass is 10.0. The van der Waals surface area contributed by atoms with Crippen molar-refractivity contribution in [2.45, 2.75) is 19.8 Å². The maximum absolute atomic E-state index is 11.8. The molecule has 104 valence electrons. The van der Waals surface area contributed by atoms with Gasteiger partial charge in [-0.2, -0.15) is 0 Å². The molecule has 0 aliphatic carbocycles. The van der Waals surface area contributed by atoms with E-state index >= 15 is 0 Å². The predicted octanol–water partition coefficient (Wildman–Crippen LogP) is 2.56. The van der Waals surface area contributed by atoms with E-state index in [4.69, 9.17) is 17.3 Å². The molecule has 1 unspecified atom stereocenters. The monoisotopic (exact) mass is 285 g/mol. The number of anilines is 1. The summed E-state index contributed by atoms with van der Waals surface area (Å²) in [5, 5.41) is 13.4. The van der Waals surface area contributed by atoms with Crippen LogP contribution in [-0.2, 0) is 4.79 Å². The van der Waals surface area contributed by atoms with E-state index in [1.807, 2.05) is 0 Å². The maximum Gasteiger partial charge on any atom is 0.289 e. The number of rotatable bonds is 6. The summed E-state index contributed by atoms with van der Waals surface area (Å²) in [4.78, 5) is 22.0. The van der Waals surface area contributed by atoms with Crippen molar-refractivity contribution in [2.75, 3.05) is 11.9 Å². The Labute approximate surface area is 116 Å². The minimum atomic E-state index is -0.587. The Hall–Kier alpha value is -1.66. The van der Waals surface area contributed by atoms with Crippen molar-refractivity contribution < 1.29 is 9.72 Å². The van der Waals surface area contributed by atoms with E-state index in [0.717, 1.165) is 6.42 Å². The van der Waals surface area contributed by atoms with Crippen LogP contribution >= 0.6 is 11.6 Å². The average Bonchev–Trinajstić information content (AvgIpc) is 2.37. The molecule has 3 N–H and O–H groups in total. The number of nitrogens with zero attached hydrogens (tertiary/aromatic N) is 1. The van der Waals surface area contributed by atoms with Crippen LogP contribution in [0.15, 0.2) is 18.2 Å². The van der Waals surface area contributed by atoms with Gasteiger partial charge >= 0.3 is 0 Å². The van der Waals surface area contributed by atoms with Crippen LogP contribution < -0.4 is 11.1 Å². The number of benzene rings is 1. The zero-order valence-electron chi connectivity index (χ0n) is 10.6. The second kappa shape index (κ2) is 7.06. The van der Waals surface area contributed by atoms with Gasteiger partial charge in [-0.25, -0.2) is 0 Å². The predicted molar refractivity (Wildman–Crippen MR) is 74.2 cm³/mol. The Morgan fingerprint density at radius 1 is 1.58 bits per heavy atom. The number of nitro groups is 1. The molecule has 0 heterocycles. The normalized spacial score (nSPS) is 11.9. The highest BCUT2D eigenvalue weighted by atomic mass is 35.5. The number of nitro benzene ring substituents is 1. The molecule has 0 fully saturated rings. The molecule has 0 radical (unpaired) electrons. The minimum Gasteiger partial charge on any atom is -0.330 e. The molecule has 0 aliphatic rings. The van der Waals surface area contributed by atoms with Crippen LogP contribution in [0.3, 0.4) is 0 Å². The average molecular weight is 286 g/mol. The summed E-state index contributed by atoms with van der Waals surface area (Å²) in [7, 11) is 0. The molecule has 1 amide bonds. The fourth-order valence-corrected chi connectivity index (χ4v) is 1.74. The van der Waals surface area contributed by atoms with Crippen LogP contribution in [0.5, 0.6) is 0 Å². The number of halogens is 1. The van der Waals surface area contributed by atoms with E-state index in [1.54, 1.807) is 6.92 Å². The van der Waals surface area contributed by atoms with E-state index in [0.29, 0.717) is 18.7 Å². The molecule has 0 bridgehead atoms. The van der Waals surface area contributed by atoms with Gasteiger partial charge in [0.05, 0.1) is 4.92 Å². The summed E-state index contributed by atoms with van der Waals surface area (Å²) in [5.41, 5.74) is 5.51. The third-order valence-electron chi connectivity index (χ3n) is 2.70. The largest absolute Gasteiger partial charge is 0.330 e. The zero-order valence-corrected chi connectivity index (χ0v) is 11.3. The first kappa shape index (κ1) is 15.4. The molecular formula is C12H16ClN3O3. The van der Waals surface area contributed by atoms with Gasteiger partial charge in [0.15, 0.2) is 0 Å². The van der Waals surface area contributed by atoms with Crippen LogP contribution in [0.1, 0.15) is 19.8 Å². The molecule has 7 heteroatoms. The number of hydrogen-bond donors (Lipinski definition) is 2. The quantitative estimate of drug-likeness (QED) is 0.620. The topological polar surface area (TPSA) is 98.3 Å². The Balaban J connectivity index is 2.74. The molecule has 6 nitrogen and oxygen atoms in total. The van der Waals surface area contributed by atoms with Crippen LogP contribution in [0, 0.1) is 16.0 Å². The van der Waals surface area contributed by atoms with Crippen molar-refractivity contribution in [3.05, 3.63) is 33.3 Å².